The van der Waals surface area contributed by atoms with Crippen LogP contribution < -0.4 is 5.32 Å². The Balaban J connectivity index is 1.67. The Kier molecular flexibility index (Phi) is 6.95. The molecule has 0 aromatic heterocycles. The Morgan fingerprint density at radius 1 is 0.844 bits per heavy atom. The standard InChI is InChI=1S/C24H20F3NO4/c25-24(26,27)19-12-10-18(11-13-19)21(29)22(30)28-20(23(31)32)14-15-6-8-17(9-7-15)16-4-2-1-3-5-16/h1-13,20-21,29H,14H2,(H,28,30)(H,31,32)/t20-,21-/m1/s1. The fourth-order valence-corrected chi connectivity index (χ4v) is 3.16. The molecule has 0 fully saturated rings. The van der Waals surface area contributed by atoms with Crippen LogP contribution in [0.15, 0.2) is 78.9 Å². The van der Waals surface area contributed by atoms with Gasteiger partial charge in [0.25, 0.3) is 5.91 Å². The Hall–Kier alpha value is -3.65. The van der Waals surface area contributed by atoms with Gasteiger partial charge in [0.05, 0.1) is 5.56 Å². The van der Waals surface area contributed by atoms with Gasteiger partial charge in [0.1, 0.15) is 6.04 Å². The molecule has 0 spiro atoms. The zero-order valence-electron chi connectivity index (χ0n) is 16.7. The average Bonchev–Trinajstić information content (AvgIpc) is 2.78. The van der Waals surface area contributed by atoms with E-state index in [2.05, 4.69) is 5.32 Å². The molecule has 8 heteroatoms. The number of rotatable bonds is 7. The highest BCUT2D eigenvalue weighted by Crippen LogP contribution is 2.30. The predicted octanol–water partition coefficient (Wildman–Crippen LogP) is 4.22. The normalized spacial score (nSPS) is 13.2. The Labute approximate surface area is 182 Å². The molecule has 1 amide bonds. The highest BCUT2D eigenvalue weighted by atomic mass is 19.4. The van der Waals surface area contributed by atoms with Crippen LogP contribution in [0.5, 0.6) is 0 Å². The van der Waals surface area contributed by atoms with E-state index in [4.69, 9.17) is 0 Å². The second-order valence-corrected chi connectivity index (χ2v) is 7.19. The van der Waals surface area contributed by atoms with E-state index in [1.807, 2.05) is 42.5 Å². The van der Waals surface area contributed by atoms with Gasteiger partial charge < -0.3 is 15.5 Å². The van der Waals surface area contributed by atoms with Crippen LogP contribution in [0.1, 0.15) is 22.8 Å². The van der Waals surface area contributed by atoms with Crippen molar-refractivity contribution in [3.05, 3.63) is 95.6 Å². The SMILES string of the molecule is O=C(O)[C@@H](Cc1ccc(-c2ccccc2)cc1)NC(=O)[C@H](O)c1ccc(C(F)(F)F)cc1. The first kappa shape index (κ1) is 23.0. The van der Waals surface area contributed by atoms with Gasteiger partial charge in [-0.1, -0.05) is 66.7 Å². The number of carbonyl (C=O) groups is 2. The lowest BCUT2D eigenvalue weighted by atomic mass is 10.00. The number of alkyl halides is 3. The molecule has 32 heavy (non-hydrogen) atoms. The van der Waals surface area contributed by atoms with Gasteiger partial charge in [0.2, 0.25) is 0 Å². The molecule has 3 N–H and O–H groups in total. The van der Waals surface area contributed by atoms with Gasteiger partial charge in [-0.2, -0.15) is 13.2 Å². The van der Waals surface area contributed by atoms with Crippen LogP contribution in [-0.2, 0) is 22.2 Å². The second kappa shape index (κ2) is 9.65. The molecule has 0 saturated carbocycles. The van der Waals surface area contributed by atoms with Gasteiger partial charge in [0.15, 0.2) is 6.10 Å². The topological polar surface area (TPSA) is 86.6 Å². The molecule has 0 radical (unpaired) electrons. The molecular weight excluding hydrogens is 423 g/mol. The van der Waals surface area contributed by atoms with Gasteiger partial charge >= 0.3 is 12.1 Å². The maximum atomic E-state index is 12.7. The summed E-state index contributed by atoms with van der Waals surface area (Å²) in [4.78, 5) is 23.9. The second-order valence-electron chi connectivity index (χ2n) is 7.19. The van der Waals surface area contributed by atoms with E-state index in [0.717, 1.165) is 35.4 Å². The first-order chi connectivity index (χ1) is 15.1. The smallest absolute Gasteiger partial charge is 0.416 e. The minimum Gasteiger partial charge on any atom is -0.480 e. The summed E-state index contributed by atoms with van der Waals surface area (Å²) in [6.07, 6.45) is -6.38. The Morgan fingerprint density at radius 3 is 1.94 bits per heavy atom. The maximum Gasteiger partial charge on any atom is 0.416 e. The number of carboxylic acid groups (broad SMARTS) is 1. The van der Waals surface area contributed by atoms with Crippen molar-refractivity contribution in [1.29, 1.82) is 0 Å². The summed E-state index contributed by atoms with van der Waals surface area (Å²) in [5, 5.41) is 21.9. The van der Waals surface area contributed by atoms with Gasteiger partial charge in [-0.15, -0.1) is 0 Å². The van der Waals surface area contributed by atoms with Crippen molar-refractivity contribution in [3.63, 3.8) is 0 Å². The molecule has 3 aromatic carbocycles. The van der Waals surface area contributed by atoms with Crippen molar-refractivity contribution >= 4 is 11.9 Å². The third-order valence-electron chi connectivity index (χ3n) is 4.92. The van der Waals surface area contributed by atoms with Crippen LogP contribution in [0.2, 0.25) is 0 Å². The van der Waals surface area contributed by atoms with E-state index in [1.165, 1.54) is 0 Å². The third kappa shape index (κ3) is 5.73. The highest BCUT2D eigenvalue weighted by molar-refractivity contribution is 5.87. The number of amides is 1. The molecule has 3 rings (SSSR count). The summed E-state index contributed by atoms with van der Waals surface area (Å²) in [5.41, 5.74) is 1.61. The number of nitrogens with one attached hydrogen (secondary N) is 1. The number of benzene rings is 3. The molecule has 0 heterocycles. The summed E-state index contributed by atoms with van der Waals surface area (Å²) in [5.74, 6) is -2.32. The van der Waals surface area contributed by atoms with Crippen LogP contribution in [0.25, 0.3) is 11.1 Å². The Bertz CT molecular complexity index is 1070. The number of aliphatic carboxylic acids is 1. The van der Waals surface area contributed by atoms with Gasteiger partial charge in [-0.3, -0.25) is 4.79 Å². The first-order valence-electron chi connectivity index (χ1n) is 9.68. The summed E-state index contributed by atoms with van der Waals surface area (Å²) in [6.45, 7) is 0. The zero-order valence-corrected chi connectivity index (χ0v) is 16.7. The number of hydrogen-bond acceptors (Lipinski definition) is 3. The van der Waals surface area contributed by atoms with Crippen molar-refractivity contribution < 1.29 is 33.0 Å². The number of halogens is 3. The molecule has 166 valence electrons. The third-order valence-corrected chi connectivity index (χ3v) is 4.92. The van der Waals surface area contributed by atoms with E-state index >= 15 is 0 Å². The number of hydrogen-bond donors (Lipinski definition) is 3. The monoisotopic (exact) mass is 443 g/mol. The maximum absolute atomic E-state index is 12.7. The lowest BCUT2D eigenvalue weighted by Gasteiger charge is -2.18. The highest BCUT2D eigenvalue weighted by Gasteiger charge is 2.31. The molecule has 2 atom stereocenters. The van der Waals surface area contributed by atoms with Crippen molar-refractivity contribution in [3.8, 4) is 11.1 Å². The number of aliphatic hydroxyl groups excluding tert-OH is 1. The zero-order chi connectivity index (χ0) is 23.3. The van der Waals surface area contributed by atoms with Crippen LogP contribution in [0.4, 0.5) is 13.2 Å². The largest absolute Gasteiger partial charge is 0.480 e. The molecule has 0 aliphatic carbocycles. The van der Waals surface area contributed by atoms with E-state index in [1.54, 1.807) is 12.1 Å². The molecule has 3 aromatic rings. The summed E-state index contributed by atoms with van der Waals surface area (Å²) >= 11 is 0. The lowest BCUT2D eigenvalue weighted by Crippen LogP contribution is -2.44. The minimum atomic E-state index is -4.55. The molecule has 0 aliphatic heterocycles. The minimum absolute atomic E-state index is 0.0319. The first-order valence-corrected chi connectivity index (χ1v) is 9.68. The van der Waals surface area contributed by atoms with Crippen molar-refractivity contribution in [2.75, 3.05) is 0 Å². The Morgan fingerprint density at radius 2 is 1.41 bits per heavy atom. The summed E-state index contributed by atoms with van der Waals surface area (Å²) in [7, 11) is 0. The van der Waals surface area contributed by atoms with E-state index in [-0.39, 0.29) is 12.0 Å². The summed E-state index contributed by atoms with van der Waals surface area (Å²) < 4.78 is 38.0. The molecule has 5 nitrogen and oxygen atoms in total. The van der Waals surface area contributed by atoms with Crippen molar-refractivity contribution in [2.45, 2.75) is 24.7 Å². The van der Waals surface area contributed by atoms with Crippen LogP contribution >= 0.6 is 0 Å². The molecule has 0 unspecified atom stereocenters. The van der Waals surface area contributed by atoms with Crippen LogP contribution in [-0.4, -0.2) is 28.1 Å². The van der Waals surface area contributed by atoms with Crippen LogP contribution in [0, 0.1) is 0 Å². The predicted molar refractivity (Wildman–Crippen MR) is 112 cm³/mol. The van der Waals surface area contributed by atoms with Gasteiger partial charge in [-0.05, 0) is 34.4 Å². The summed E-state index contributed by atoms with van der Waals surface area (Å²) in [6, 6.07) is 18.9. The van der Waals surface area contributed by atoms with Crippen molar-refractivity contribution in [2.24, 2.45) is 0 Å². The lowest BCUT2D eigenvalue weighted by molar-refractivity contribution is -0.143. The number of carboxylic acids is 1. The fraction of sp³-hybridized carbons (Fsp3) is 0.167. The van der Waals surface area contributed by atoms with E-state index < -0.39 is 35.8 Å². The molecule has 0 saturated heterocycles. The quantitative estimate of drug-likeness (QED) is 0.511. The fourth-order valence-electron chi connectivity index (χ4n) is 3.16. The van der Waals surface area contributed by atoms with E-state index in [0.29, 0.717) is 5.56 Å². The molecular formula is C24H20F3NO4. The molecule has 0 aliphatic rings. The number of aliphatic hydroxyl groups is 1. The average molecular weight is 443 g/mol. The molecule has 0 bridgehead atoms. The van der Waals surface area contributed by atoms with E-state index in [9.17, 15) is 33.0 Å². The van der Waals surface area contributed by atoms with Gasteiger partial charge in [0, 0.05) is 6.42 Å². The van der Waals surface area contributed by atoms with Gasteiger partial charge in [-0.25, -0.2) is 4.79 Å². The number of carbonyl (C=O) groups excluding carboxylic acids is 1. The van der Waals surface area contributed by atoms with Crippen LogP contribution in [0.3, 0.4) is 0 Å². The van der Waals surface area contributed by atoms with Crippen molar-refractivity contribution in [1.82, 2.24) is 5.32 Å².